The second-order valence-electron chi connectivity index (χ2n) is 5.24. The maximum atomic E-state index is 12.1. The van der Waals surface area contributed by atoms with Gasteiger partial charge in [-0.05, 0) is 37.1 Å². The summed E-state index contributed by atoms with van der Waals surface area (Å²) >= 11 is 0. The van der Waals surface area contributed by atoms with Gasteiger partial charge in [-0.15, -0.1) is 0 Å². The van der Waals surface area contributed by atoms with Crippen molar-refractivity contribution in [2.75, 3.05) is 17.7 Å². The number of methoxy groups -OCH3 is 1. The van der Waals surface area contributed by atoms with Gasteiger partial charge in [0.2, 0.25) is 5.95 Å². The molecule has 0 aliphatic heterocycles. The molecule has 1 saturated carbocycles. The molecule has 0 radical (unpaired) electrons. The lowest BCUT2D eigenvalue weighted by molar-refractivity contribution is 0.0600. The monoisotopic (exact) mass is 312 g/mol. The van der Waals surface area contributed by atoms with Crippen LogP contribution in [0.5, 0.6) is 0 Å². The average Bonchev–Trinajstić information content (AvgIpc) is 3.39. The van der Waals surface area contributed by atoms with Crippen molar-refractivity contribution in [1.29, 1.82) is 0 Å². The number of hydrogen-bond acceptors (Lipinski definition) is 6. The van der Waals surface area contributed by atoms with Gasteiger partial charge >= 0.3 is 5.97 Å². The van der Waals surface area contributed by atoms with Gasteiger partial charge in [0.25, 0.3) is 5.91 Å². The average molecular weight is 312 g/mol. The van der Waals surface area contributed by atoms with Crippen molar-refractivity contribution >= 4 is 23.5 Å². The molecule has 0 unspecified atom stereocenters. The molecule has 1 aliphatic carbocycles. The fourth-order valence-electron chi connectivity index (χ4n) is 1.94. The molecule has 1 aromatic carbocycles. The van der Waals surface area contributed by atoms with Crippen LogP contribution >= 0.6 is 0 Å². The van der Waals surface area contributed by atoms with E-state index in [0.717, 1.165) is 12.8 Å². The van der Waals surface area contributed by atoms with Gasteiger partial charge < -0.3 is 15.4 Å². The third kappa shape index (κ3) is 3.82. The van der Waals surface area contributed by atoms with E-state index in [2.05, 4.69) is 25.3 Å². The molecule has 0 atom stereocenters. The van der Waals surface area contributed by atoms with Crippen molar-refractivity contribution in [3.8, 4) is 0 Å². The van der Waals surface area contributed by atoms with Crippen molar-refractivity contribution < 1.29 is 14.3 Å². The first-order valence-corrected chi connectivity index (χ1v) is 7.24. The summed E-state index contributed by atoms with van der Waals surface area (Å²) in [7, 11) is 1.32. The first kappa shape index (κ1) is 15.0. The van der Waals surface area contributed by atoms with E-state index in [4.69, 9.17) is 0 Å². The molecule has 2 N–H and O–H groups in total. The highest BCUT2D eigenvalue weighted by molar-refractivity contribution is 6.04. The topological polar surface area (TPSA) is 93.2 Å². The summed E-state index contributed by atoms with van der Waals surface area (Å²) in [4.78, 5) is 31.7. The Bertz CT molecular complexity index is 709. The van der Waals surface area contributed by atoms with Gasteiger partial charge in [-0.1, -0.05) is 0 Å². The van der Waals surface area contributed by atoms with Gasteiger partial charge in [-0.3, -0.25) is 4.79 Å². The SMILES string of the molecule is COC(=O)c1ccc(NC(=O)c2cnc(NC3CC3)nc2)cc1. The van der Waals surface area contributed by atoms with E-state index in [1.54, 1.807) is 24.3 Å². The van der Waals surface area contributed by atoms with Crippen LogP contribution < -0.4 is 10.6 Å². The molecule has 2 aromatic rings. The van der Waals surface area contributed by atoms with E-state index in [1.165, 1.54) is 19.5 Å². The number of hydrogen-bond donors (Lipinski definition) is 2. The number of aromatic nitrogens is 2. The molecule has 1 aromatic heterocycles. The predicted molar refractivity (Wildman–Crippen MR) is 84.4 cm³/mol. The van der Waals surface area contributed by atoms with Gasteiger partial charge in [0.1, 0.15) is 0 Å². The molecule has 0 spiro atoms. The summed E-state index contributed by atoms with van der Waals surface area (Å²) in [5.74, 6) is -0.199. The summed E-state index contributed by atoms with van der Waals surface area (Å²) in [6.45, 7) is 0. The Kier molecular flexibility index (Phi) is 4.18. The minimum absolute atomic E-state index is 0.311. The lowest BCUT2D eigenvalue weighted by atomic mass is 10.2. The van der Waals surface area contributed by atoms with E-state index in [0.29, 0.717) is 28.8 Å². The van der Waals surface area contributed by atoms with Crippen molar-refractivity contribution in [1.82, 2.24) is 9.97 Å². The Hall–Kier alpha value is -2.96. The highest BCUT2D eigenvalue weighted by atomic mass is 16.5. The van der Waals surface area contributed by atoms with Crippen LogP contribution in [0.4, 0.5) is 11.6 Å². The number of carbonyl (C=O) groups excluding carboxylic acids is 2. The number of carbonyl (C=O) groups is 2. The van der Waals surface area contributed by atoms with Crippen LogP contribution in [-0.4, -0.2) is 35.0 Å². The molecule has 1 fully saturated rings. The maximum Gasteiger partial charge on any atom is 0.337 e. The summed E-state index contributed by atoms with van der Waals surface area (Å²) in [5.41, 5.74) is 1.36. The largest absolute Gasteiger partial charge is 0.465 e. The van der Waals surface area contributed by atoms with Crippen molar-refractivity contribution in [3.63, 3.8) is 0 Å². The number of benzene rings is 1. The van der Waals surface area contributed by atoms with Crippen LogP contribution in [0, 0.1) is 0 Å². The molecule has 1 amide bonds. The number of rotatable bonds is 5. The number of nitrogens with zero attached hydrogens (tertiary/aromatic N) is 2. The minimum Gasteiger partial charge on any atom is -0.465 e. The van der Waals surface area contributed by atoms with Gasteiger partial charge in [0, 0.05) is 24.1 Å². The molecular weight excluding hydrogens is 296 g/mol. The minimum atomic E-state index is -0.421. The van der Waals surface area contributed by atoms with E-state index < -0.39 is 5.97 Å². The number of nitrogens with one attached hydrogen (secondary N) is 2. The standard InChI is InChI=1S/C16H16N4O3/c1-23-15(22)10-2-4-12(5-3-10)19-14(21)11-8-17-16(18-9-11)20-13-6-7-13/h2-5,8-9,13H,6-7H2,1H3,(H,19,21)(H,17,18,20). The van der Waals surface area contributed by atoms with Crippen LogP contribution in [0.2, 0.25) is 0 Å². The number of ether oxygens (including phenoxy) is 1. The molecule has 23 heavy (non-hydrogen) atoms. The van der Waals surface area contributed by atoms with E-state index >= 15 is 0 Å². The Balaban J connectivity index is 1.62. The Morgan fingerprint density at radius 2 is 1.74 bits per heavy atom. The van der Waals surface area contributed by atoms with Crippen molar-refractivity contribution in [2.24, 2.45) is 0 Å². The van der Waals surface area contributed by atoms with Crippen LogP contribution in [0.25, 0.3) is 0 Å². The van der Waals surface area contributed by atoms with Crippen LogP contribution in [0.3, 0.4) is 0 Å². The zero-order valence-corrected chi connectivity index (χ0v) is 12.6. The van der Waals surface area contributed by atoms with E-state index in [9.17, 15) is 9.59 Å². The fourth-order valence-corrected chi connectivity index (χ4v) is 1.94. The molecule has 1 aliphatic rings. The Morgan fingerprint density at radius 3 is 2.30 bits per heavy atom. The second-order valence-corrected chi connectivity index (χ2v) is 5.24. The Morgan fingerprint density at radius 1 is 1.09 bits per heavy atom. The van der Waals surface area contributed by atoms with Gasteiger partial charge in [0.05, 0.1) is 18.2 Å². The number of esters is 1. The first-order valence-electron chi connectivity index (χ1n) is 7.24. The van der Waals surface area contributed by atoms with Gasteiger partial charge in [-0.25, -0.2) is 14.8 Å². The maximum absolute atomic E-state index is 12.1. The van der Waals surface area contributed by atoms with Crippen molar-refractivity contribution in [3.05, 3.63) is 47.8 Å². The van der Waals surface area contributed by atoms with Crippen LogP contribution in [-0.2, 0) is 4.74 Å². The molecule has 7 nitrogen and oxygen atoms in total. The van der Waals surface area contributed by atoms with Crippen LogP contribution in [0.15, 0.2) is 36.7 Å². The molecular formula is C16H16N4O3. The zero-order valence-electron chi connectivity index (χ0n) is 12.6. The number of anilines is 2. The Labute approximate surface area is 133 Å². The summed E-state index contributed by atoms with van der Waals surface area (Å²) in [6, 6.07) is 6.89. The predicted octanol–water partition coefficient (Wildman–Crippen LogP) is 2.09. The highest BCUT2D eigenvalue weighted by Crippen LogP contribution is 2.22. The molecule has 1 heterocycles. The molecule has 7 heteroatoms. The van der Waals surface area contributed by atoms with Crippen LogP contribution in [0.1, 0.15) is 33.6 Å². The van der Waals surface area contributed by atoms with E-state index in [-0.39, 0.29) is 5.91 Å². The third-order valence-corrected chi connectivity index (χ3v) is 3.39. The molecule has 118 valence electrons. The fraction of sp³-hybridized carbons (Fsp3) is 0.250. The second kappa shape index (κ2) is 6.43. The lowest BCUT2D eigenvalue weighted by Crippen LogP contribution is -2.14. The first-order chi connectivity index (χ1) is 11.2. The molecule has 0 saturated heterocycles. The molecule has 0 bridgehead atoms. The lowest BCUT2D eigenvalue weighted by Gasteiger charge is -2.07. The van der Waals surface area contributed by atoms with Gasteiger partial charge in [-0.2, -0.15) is 0 Å². The smallest absolute Gasteiger partial charge is 0.337 e. The van der Waals surface area contributed by atoms with Crippen molar-refractivity contribution in [2.45, 2.75) is 18.9 Å². The summed E-state index contributed by atoms with van der Waals surface area (Å²) in [6.07, 6.45) is 5.23. The third-order valence-electron chi connectivity index (χ3n) is 3.39. The van der Waals surface area contributed by atoms with Gasteiger partial charge in [0.15, 0.2) is 0 Å². The summed E-state index contributed by atoms with van der Waals surface area (Å²) < 4.78 is 4.62. The number of amides is 1. The summed E-state index contributed by atoms with van der Waals surface area (Å²) in [5, 5.41) is 5.88. The zero-order chi connectivity index (χ0) is 16.2. The normalized spacial score (nSPS) is 13.3. The highest BCUT2D eigenvalue weighted by Gasteiger charge is 2.21. The molecule has 3 rings (SSSR count). The van der Waals surface area contributed by atoms with E-state index in [1.807, 2.05) is 0 Å². The quantitative estimate of drug-likeness (QED) is 0.821.